The minimum Gasteiger partial charge on any atom is -0.382 e. The molecule has 6 atom stereocenters. The molecule has 0 aromatic carbocycles. The van der Waals surface area contributed by atoms with Crippen LogP contribution in [0.2, 0.25) is 0 Å². The lowest BCUT2D eigenvalue weighted by Crippen LogP contribution is -2.52. The molecule has 39 heavy (non-hydrogen) atoms. The molecule has 0 bridgehead atoms. The van der Waals surface area contributed by atoms with Gasteiger partial charge in [0.05, 0.1) is 38.6 Å². The largest absolute Gasteiger partial charge is 0.382 e. The van der Waals surface area contributed by atoms with E-state index in [0.717, 1.165) is 38.5 Å². The van der Waals surface area contributed by atoms with E-state index in [1.165, 1.54) is 64.2 Å². The smallest absolute Gasteiger partial charge is 0.194 e. The first-order valence-corrected chi connectivity index (χ1v) is 16.2. The SMILES string of the molecule is CCCCCCCCOC1(C(C)OC(C)C2(OCCCCCCCC)CCC(COC)O2)CCC(COC)O1. The molecule has 2 saturated heterocycles. The van der Waals surface area contributed by atoms with Gasteiger partial charge in [-0.1, -0.05) is 78.1 Å². The highest BCUT2D eigenvalue weighted by Gasteiger charge is 2.51. The lowest BCUT2D eigenvalue weighted by atomic mass is 10.0. The molecule has 7 heteroatoms. The van der Waals surface area contributed by atoms with Gasteiger partial charge >= 0.3 is 0 Å². The molecule has 0 aromatic heterocycles. The van der Waals surface area contributed by atoms with Crippen LogP contribution >= 0.6 is 0 Å². The van der Waals surface area contributed by atoms with Crippen molar-refractivity contribution >= 4 is 0 Å². The van der Waals surface area contributed by atoms with E-state index < -0.39 is 11.6 Å². The summed E-state index contributed by atoms with van der Waals surface area (Å²) in [4.78, 5) is 0. The van der Waals surface area contributed by atoms with Crippen LogP contribution in [-0.2, 0) is 33.2 Å². The average molecular weight is 559 g/mol. The first kappa shape index (κ1) is 34.9. The van der Waals surface area contributed by atoms with E-state index in [2.05, 4.69) is 27.7 Å². The Balaban J connectivity index is 1.99. The number of unbranched alkanes of at least 4 members (excludes halogenated alkanes) is 10. The Morgan fingerprint density at radius 1 is 0.615 bits per heavy atom. The van der Waals surface area contributed by atoms with Crippen LogP contribution in [0.1, 0.15) is 130 Å². The molecule has 0 aromatic rings. The van der Waals surface area contributed by atoms with Crippen molar-refractivity contribution in [3.63, 3.8) is 0 Å². The second kappa shape index (κ2) is 19.8. The van der Waals surface area contributed by atoms with Gasteiger partial charge in [0.25, 0.3) is 0 Å². The summed E-state index contributed by atoms with van der Waals surface area (Å²) in [6, 6.07) is 0. The van der Waals surface area contributed by atoms with E-state index >= 15 is 0 Å². The number of rotatable bonds is 24. The molecule has 7 nitrogen and oxygen atoms in total. The van der Waals surface area contributed by atoms with Gasteiger partial charge in [0, 0.05) is 27.1 Å². The van der Waals surface area contributed by atoms with Crippen LogP contribution in [0, 0.1) is 0 Å². The van der Waals surface area contributed by atoms with E-state index in [4.69, 9.17) is 33.2 Å². The fourth-order valence-corrected chi connectivity index (χ4v) is 5.94. The van der Waals surface area contributed by atoms with Gasteiger partial charge in [0.15, 0.2) is 11.6 Å². The Kier molecular flexibility index (Phi) is 17.7. The maximum absolute atomic E-state index is 6.72. The third-order valence-electron chi connectivity index (χ3n) is 8.40. The van der Waals surface area contributed by atoms with E-state index in [-0.39, 0.29) is 24.4 Å². The van der Waals surface area contributed by atoms with Crippen LogP contribution in [0.25, 0.3) is 0 Å². The average Bonchev–Trinajstić information content (AvgIpc) is 3.54. The van der Waals surface area contributed by atoms with Gasteiger partial charge in [0.2, 0.25) is 0 Å². The molecule has 2 aliphatic rings. The van der Waals surface area contributed by atoms with Crippen LogP contribution < -0.4 is 0 Å². The lowest BCUT2D eigenvalue weighted by Gasteiger charge is -2.41. The topological polar surface area (TPSA) is 64.6 Å². The Hall–Kier alpha value is -0.280. The zero-order valence-electron chi connectivity index (χ0n) is 26.3. The summed E-state index contributed by atoms with van der Waals surface area (Å²) in [6.07, 6.45) is 17.6. The maximum atomic E-state index is 6.72. The van der Waals surface area contributed by atoms with Crippen molar-refractivity contribution in [2.24, 2.45) is 0 Å². The van der Waals surface area contributed by atoms with Crippen molar-refractivity contribution in [1.29, 1.82) is 0 Å². The fourth-order valence-electron chi connectivity index (χ4n) is 5.94. The quantitative estimate of drug-likeness (QED) is 0.113. The minimum atomic E-state index is -0.772. The molecule has 2 heterocycles. The molecule has 0 amide bonds. The monoisotopic (exact) mass is 558 g/mol. The minimum absolute atomic E-state index is 0.0210. The summed E-state index contributed by atoms with van der Waals surface area (Å²) < 4.78 is 43.6. The third kappa shape index (κ3) is 11.9. The molecule has 0 N–H and O–H groups in total. The molecule has 6 unspecified atom stereocenters. The Morgan fingerprint density at radius 2 is 1.00 bits per heavy atom. The van der Waals surface area contributed by atoms with Gasteiger partial charge in [-0.2, -0.15) is 0 Å². The van der Waals surface area contributed by atoms with Crippen LogP contribution in [0.15, 0.2) is 0 Å². The predicted octanol–water partition coefficient (Wildman–Crippen LogP) is 7.58. The first-order chi connectivity index (χ1) is 18.9. The lowest BCUT2D eigenvalue weighted by molar-refractivity contribution is -0.328. The molecule has 232 valence electrons. The van der Waals surface area contributed by atoms with Crippen LogP contribution in [0.3, 0.4) is 0 Å². The highest BCUT2D eigenvalue weighted by atomic mass is 16.8. The first-order valence-electron chi connectivity index (χ1n) is 16.2. The third-order valence-corrected chi connectivity index (χ3v) is 8.40. The second-order valence-corrected chi connectivity index (χ2v) is 11.7. The highest BCUT2D eigenvalue weighted by Crippen LogP contribution is 2.41. The summed E-state index contributed by atoms with van der Waals surface area (Å²) in [6.45, 7) is 11.2. The summed E-state index contributed by atoms with van der Waals surface area (Å²) in [5, 5.41) is 0. The zero-order valence-corrected chi connectivity index (χ0v) is 26.3. The molecule has 0 radical (unpaired) electrons. The van der Waals surface area contributed by atoms with Crippen molar-refractivity contribution in [3.8, 4) is 0 Å². The van der Waals surface area contributed by atoms with Crippen molar-refractivity contribution in [1.82, 2.24) is 0 Å². The van der Waals surface area contributed by atoms with Crippen LogP contribution in [-0.4, -0.2) is 76.6 Å². The number of hydrogen-bond acceptors (Lipinski definition) is 7. The number of methoxy groups -OCH3 is 2. The van der Waals surface area contributed by atoms with Crippen molar-refractivity contribution in [2.45, 2.75) is 166 Å². The summed E-state index contributed by atoms with van der Waals surface area (Å²) in [5.74, 6) is -1.54. The van der Waals surface area contributed by atoms with E-state index in [1.54, 1.807) is 14.2 Å². The number of hydrogen-bond donors (Lipinski definition) is 0. The van der Waals surface area contributed by atoms with Gasteiger partial charge < -0.3 is 33.2 Å². The van der Waals surface area contributed by atoms with E-state index in [9.17, 15) is 0 Å². The van der Waals surface area contributed by atoms with Gasteiger partial charge in [-0.25, -0.2) is 0 Å². The Bertz CT molecular complexity index is 555. The van der Waals surface area contributed by atoms with Crippen molar-refractivity contribution in [2.75, 3.05) is 40.6 Å². The summed E-state index contributed by atoms with van der Waals surface area (Å²) in [5.41, 5.74) is 0. The summed E-state index contributed by atoms with van der Waals surface area (Å²) >= 11 is 0. The highest BCUT2D eigenvalue weighted by molar-refractivity contribution is 4.91. The molecule has 0 saturated carbocycles. The van der Waals surface area contributed by atoms with Gasteiger partial charge in [-0.3, -0.25) is 0 Å². The van der Waals surface area contributed by atoms with Crippen molar-refractivity contribution < 1.29 is 33.2 Å². The maximum Gasteiger partial charge on any atom is 0.194 e. The fraction of sp³-hybridized carbons (Fsp3) is 1.00. The van der Waals surface area contributed by atoms with Gasteiger partial charge in [-0.05, 0) is 39.5 Å². The standard InChI is InChI=1S/C32H62O7/c1-7-9-11-13-15-17-23-35-31(21-19-29(38-31)25-33-5)27(3)37-28(4)32(22-20-30(39-32)26-34-6)36-24-18-16-14-12-10-8-2/h27-30H,7-26H2,1-6H3. The second-order valence-electron chi connectivity index (χ2n) is 11.7. The van der Waals surface area contributed by atoms with Crippen LogP contribution in [0.5, 0.6) is 0 Å². The van der Waals surface area contributed by atoms with E-state index in [0.29, 0.717) is 26.4 Å². The predicted molar refractivity (Wildman–Crippen MR) is 156 cm³/mol. The van der Waals surface area contributed by atoms with Crippen molar-refractivity contribution in [3.05, 3.63) is 0 Å². The molecule has 0 spiro atoms. The van der Waals surface area contributed by atoms with Gasteiger partial charge in [-0.15, -0.1) is 0 Å². The number of ether oxygens (including phenoxy) is 7. The van der Waals surface area contributed by atoms with Gasteiger partial charge in [0.1, 0.15) is 12.2 Å². The Labute approximate surface area is 240 Å². The van der Waals surface area contributed by atoms with E-state index in [1.807, 2.05) is 0 Å². The molecule has 2 aliphatic heterocycles. The molecular weight excluding hydrogens is 496 g/mol. The zero-order chi connectivity index (χ0) is 28.4. The Morgan fingerprint density at radius 3 is 1.38 bits per heavy atom. The molecule has 2 rings (SSSR count). The molecule has 0 aliphatic carbocycles. The summed E-state index contributed by atoms with van der Waals surface area (Å²) in [7, 11) is 3.45. The molecular formula is C32H62O7. The van der Waals surface area contributed by atoms with Crippen LogP contribution in [0.4, 0.5) is 0 Å². The molecule has 2 fully saturated rings. The normalized spacial score (nSPS) is 28.8.